The number of aromatic nitrogens is 2. The highest BCUT2D eigenvalue weighted by atomic mass is 19.2. The summed E-state index contributed by atoms with van der Waals surface area (Å²) in [5, 5.41) is 12.0. The van der Waals surface area contributed by atoms with Crippen molar-refractivity contribution < 1.29 is 22.4 Å². The topological polar surface area (TPSA) is 80.0 Å². The van der Waals surface area contributed by atoms with Crippen LogP contribution in [0.1, 0.15) is 10.7 Å². The Kier molecular flexibility index (Phi) is 4.15. The summed E-state index contributed by atoms with van der Waals surface area (Å²) in [4.78, 5) is 11.9. The Morgan fingerprint density at radius 1 is 0.958 bits per heavy atom. The maximum absolute atomic E-state index is 13.1. The van der Waals surface area contributed by atoms with Crippen LogP contribution in [0.3, 0.4) is 0 Å². The second kappa shape index (κ2) is 6.41. The first-order valence-corrected chi connectivity index (χ1v) is 6.64. The lowest BCUT2D eigenvalue weighted by Crippen LogP contribution is -2.12. The van der Waals surface area contributed by atoms with Gasteiger partial charge in [0.1, 0.15) is 0 Å². The minimum absolute atomic E-state index is 0.148. The average molecular weight is 334 g/mol. The molecule has 0 aliphatic rings. The SMILES string of the molecule is O=C(Nc1ccccc1)c1nnc(Nc2cc(F)c(F)c(F)c2)o1. The third-order valence-electron chi connectivity index (χ3n) is 2.89. The lowest BCUT2D eigenvalue weighted by molar-refractivity contribution is 0.0991. The number of hydrogen-bond donors (Lipinski definition) is 2. The molecule has 6 nitrogen and oxygen atoms in total. The second-order valence-electron chi connectivity index (χ2n) is 4.61. The minimum Gasteiger partial charge on any atom is -0.399 e. The van der Waals surface area contributed by atoms with Gasteiger partial charge in [-0.1, -0.05) is 23.3 Å². The first-order valence-electron chi connectivity index (χ1n) is 6.64. The fourth-order valence-electron chi connectivity index (χ4n) is 1.82. The number of hydrogen-bond acceptors (Lipinski definition) is 5. The number of carbonyl (C=O) groups is 1. The Bertz CT molecular complexity index is 860. The molecule has 2 aromatic carbocycles. The van der Waals surface area contributed by atoms with Gasteiger partial charge in [-0.15, -0.1) is 5.10 Å². The van der Waals surface area contributed by atoms with E-state index in [2.05, 4.69) is 20.8 Å². The highest BCUT2D eigenvalue weighted by Crippen LogP contribution is 2.21. The van der Waals surface area contributed by atoms with Crippen LogP contribution in [0, 0.1) is 17.5 Å². The summed E-state index contributed by atoms with van der Waals surface area (Å²) in [6.07, 6.45) is 0. The van der Waals surface area contributed by atoms with Crippen molar-refractivity contribution in [2.45, 2.75) is 0 Å². The zero-order chi connectivity index (χ0) is 17.1. The van der Waals surface area contributed by atoms with E-state index in [4.69, 9.17) is 4.42 Å². The second-order valence-corrected chi connectivity index (χ2v) is 4.61. The number of para-hydroxylation sites is 1. The molecule has 3 rings (SSSR count). The number of rotatable bonds is 4. The largest absolute Gasteiger partial charge is 0.399 e. The van der Waals surface area contributed by atoms with Gasteiger partial charge in [-0.3, -0.25) is 4.79 Å². The highest BCUT2D eigenvalue weighted by molar-refractivity contribution is 6.00. The zero-order valence-corrected chi connectivity index (χ0v) is 11.9. The van der Waals surface area contributed by atoms with Crippen LogP contribution in [0.15, 0.2) is 46.9 Å². The van der Waals surface area contributed by atoms with E-state index in [0.717, 1.165) is 0 Å². The molecular formula is C15H9F3N4O2. The smallest absolute Gasteiger partial charge is 0.320 e. The van der Waals surface area contributed by atoms with Crippen molar-refractivity contribution >= 4 is 23.3 Å². The van der Waals surface area contributed by atoms with Gasteiger partial charge in [0.15, 0.2) is 17.5 Å². The number of anilines is 3. The van der Waals surface area contributed by atoms with Crippen molar-refractivity contribution in [2.75, 3.05) is 10.6 Å². The summed E-state index contributed by atoms with van der Waals surface area (Å²) in [6.45, 7) is 0. The first kappa shape index (κ1) is 15.5. The lowest BCUT2D eigenvalue weighted by atomic mass is 10.3. The van der Waals surface area contributed by atoms with Gasteiger partial charge in [-0.05, 0) is 12.1 Å². The van der Waals surface area contributed by atoms with E-state index >= 15 is 0 Å². The van der Waals surface area contributed by atoms with Gasteiger partial charge in [0.05, 0.1) is 0 Å². The van der Waals surface area contributed by atoms with Crippen molar-refractivity contribution in [3.8, 4) is 0 Å². The third kappa shape index (κ3) is 3.35. The average Bonchev–Trinajstić information content (AvgIpc) is 3.02. The molecule has 9 heteroatoms. The first-order chi connectivity index (χ1) is 11.5. The van der Waals surface area contributed by atoms with E-state index in [1.54, 1.807) is 30.3 Å². The Hall–Kier alpha value is -3.36. The molecule has 0 aliphatic heterocycles. The number of amides is 1. The van der Waals surface area contributed by atoms with Crippen LogP contribution in [0.4, 0.5) is 30.6 Å². The molecule has 122 valence electrons. The van der Waals surface area contributed by atoms with Crippen molar-refractivity contribution in [3.05, 3.63) is 65.8 Å². The van der Waals surface area contributed by atoms with Crippen LogP contribution in [0.25, 0.3) is 0 Å². The van der Waals surface area contributed by atoms with Crippen molar-refractivity contribution in [1.82, 2.24) is 10.2 Å². The maximum atomic E-state index is 13.1. The van der Waals surface area contributed by atoms with Crippen LogP contribution < -0.4 is 10.6 Å². The molecule has 1 aromatic heterocycles. The summed E-state index contributed by atoms with van der Waals surface area (Å²) in [5.41, 5.74) is 0.378. The van der Waals surface area contributed by atoms with E-state index in [9.17, 15) is 18.0 Å². The highest BCUT2D eigenvalue weighted by Gasteiger charge is 2.16. The van der Waals surface area contributed by atoms with Crippen LogP contribution in [0.2, 0.25) is 0 Å². The van der Waals surface area contributed by atoms with E-state index in [1.807, 2.05) is 0 Å². The monoisotopic (exact) mass is 334 g/mol. The summed E-state index contributed by atoms with van der Waals surface area (Å²) in [6, 6.07) is 9.72. The minimum atomic E-state index is -1.59. The van der Waals surface area contributed by atoms with Crippen LogP contribution in [-0.2, 0) is 0 Å². The quantitative estimate of drug-likeness (QED) is 0.714. The number of benzene rings is 2. The molecule has 0 atom stereocenters. The maximum Gasteiger partial charge on any atom is 0.320 e. The molecular weight excluding hydrogens is 325 g/mol. The van der Waals surface area contributed by atoms with E-state index in [1.165, 1.54) is 0 Å². The van der Waals surface area contributed by atoms with Crippen LogP contribution >= 0.6 is 0 Å². The molecule has 0 saturated carbocycles. The molecule has 2 N–H and O–H groups in total. The molecule has 1 heterocycles. The number of nitrogens with zero attached hydrogens (tertiary/aromatic N) is 2. The predicted molar refractivity (Wildman–Crippen MR) is 78.3 cm³/mol. The van der Waals surface area contributed by atoms with Gasteiger partial charge < -0.3 is 15.1 Å². The Labute approximate surface area is 133 Å². The van der Waals surface area contributed by atoms with Crippen LogP contribution in [0.5, 0.6) is 0 Å². The van der Waals surface area contributed by atoms with Crippen LogP contribution in [-0.4, -0.2) is 16.1 Å². The number of nitrogens with one attached hydrogen (secondary N) is 2. The molecule has 3 aromatic rings. The molecule has 0 radical (unpaired) electrons. The van der Waals surface area contributed by atoms with Gasteiger partial charge >= 0.3 is 17.8 Å². The standard InChI is InChI=1S/C15H9F3N4O2/c16-10-6-9(7-11(17)12(10)18)20-15-22-21-14(24-15)13(23)19-8-4-2-1-3-5-8/h1-7H,(H,19,23)(H,20,22). The molecule has 0 saturated heterocycles. The summed E-state index contributed by atoms with van der Waals surface area (Å²) >= 11 is 0. The Morgan fingerprint density at radius 2 is 1.62 bits per heavy atom. The van der Waals surface area contributed by atoms with Gasteiger partial charge in [0.2, 0.25) is 0 Å². The van der Waals surface area contributed by atoms with E-state index in [-0.39, 0.29) is 17.6 Å². The molecule has 1 amide bonds. The van der Waals surface area contributed by atoms with E-state index < -0.39 is 23.4 Å². The van der Waals surface area contributed by atoms with Crippen molar-refractivity contribution in [2.24, 2.45) is 0 Å². The number of carbonyl (C=O) groups excluding carboxylic acids is 1. The van der Waals surface area contributed by atoms with Gasteiger partial charge in [-0.25, -0.2) is 13.2 Å². The fourth-order valence-corrected chi connectivity index (χ4v) is 1.82. The molecule has 0 bridgehead atoms. The van der Waals surface area contributed by atoms with Gasteiger partial charge in [0.25, 0.3) is 0 Å². The fraction of sp³-hybridized carbons (Fsp3) is 0. The molecule has 0 fully saturated rings. The molecule has 0 spiro atoms. The molecule has 24 heavy (non-hydrogen) atoms. The molecule has 0 unspecified atom stereocenters. The lowest BCUT2D eigenvalue weighted by Gasteiger charge is -2.03. The normalized spacial score (nSPS) is 10.5. The summed E-state index contributed by atoms with van der Waals surface area (Å²) < 4.78 is 44.2. The van der Waals surface area contributed by atoms with Crippen molar-refractivity contribution in [1.29, 1.82) is 0 Å². The summed E-state index contributed by atoms with van der Waals surface area (Å²) in [5.74, 6) is -5.35. The number of halogens is 3. The van der Waals surface area contributed by atoms with Gasteiger partial charge in [-0.2, -0.15) is 0 Å². The summed E-state index contributed by atoms with van der Waals surface area (Å²) in [7, 11) is 0. The van der Waals surface area contributed by atoms with E-state index in [0.29, 0.717) is 17.8 Å². The Balaban J connectivity index is 1.73. The predicted octanol–water partition coefficient (Wildman–Crippen LogP) is 3.48. The molecule has 0 aliphatic carbocycles. The zero-order valence-electron chi connectivity index (χ0n) is 11.9. The Morgan fingerprint density at radius 3 is 2.29 bits per heavy atom. The van der Waals surface area contributed by atoms with Gasteiger partial charge in [0, 0.05) is 23.5 Å². The third-order valence-corrected chi connectivity index (χ3v) is 2.89. The van der Waals surface area contributed by atoms with Crippen molar-refractivity contribution in [3.63, 3.8) is 0 Å².